The number of hydrogen-bond acceptors (Lipinski definition) is 5. The van der Waals surface area contributed by atoms with E-state index in [4.69, 9.17) is 4.74 Å². The summed E-state index contributed by atoms with van der Waals surface area (Å²) in [5.41, 5.74) is 4.02. The summed E-state index contributed by atoms with van der Waals surface area (Å²) >= 11 is 0. The molecule has 0 spiro atoms. The lowest BCUT2D eigenvalue weighted by Gasteiger charge is -2.37. The van der Waals surface area contributed by atoms with Gasteiger partial charge in [0, 0.05) is 45.0 Å². The molecule has 178 valence electrons. The molecular weight excluding hydrogens is 438 g/mol. The minimum Gasteiger partial charge on any atom is -0.496 e. The topological polar surface area (TPSA) is 70.2 Å². The molecule has 7 nitrogen and oxygen atoms in total. The van der Waals surface area contributed by atoms with Gasteiger partial charge in [0.15, 0.2) is 0 Å². The van der Waals surface area contributed by atoms with Crippen LogP contribution in [0.4, 0.5) is 5.69 Å². The minimum absolute atomic E-state index is 0.155. The molecule has 0 radical (unpaired) electrons. The number of ether oxygens (including phenoxy) is 1. The van der Waals surface area contributed by atoms with Crippen molar-refractivity contribution in [3.8, 4) is 5.75 Å². The van der Waals surface area contributed by atoms with Crippen molar-refractivity contribution in [1.82, 2.24) is 9.21 Å². The van der Waals surface area contributed by atoms with Gasteiger partial charge in [-0.2, -0.15) is 4.31 Å². The molecule has 0 bridgehead atoms. The molecule has 2 aromatic rings. The maximum absolute atomic E-state index is 13.4. The minimum atomic E-state index is -3.63. The van der Waals surface area contributed by atoms with Crippen molar-refractivity contribution in [2.75, 3.05) is 51.3 Å². The molecule has 0 aromatic heterocycles. The predicted octanol–water partition coefficient (Wildman–Crippen LogP) is 3.45. The van der Waals surface area contributed by atoms with Crippen LogP contribution in [0.1, 0.15) is 40.7 Å². The molecule has 0 saturated carbocycles. The van der Waals surface area contributed by atoms with Gasteiger partial charge < -0.3 is 14.5 Å². The van der Waals surface area contributed by atoms with E-state index in [1.54, 1.807) is 11.0 Å². The lowest BCUT2D eigenvalue weighted by Crippen LogP contribution is -2.49. The maximum atomic E-state index is 13.4. The van der Waals surface area contributed by atoms with Gasteiger partial charge in [-0.25, -0.2) is 8.42 Å². The first-order chi connectivity index (χ1) is 15.8. The van der Waals surface area contributed by atoms with Crippen LogP contribution in [0.15, 0.2) is 41.3 Å². The second-order valence-electron chi connectivity index (χ2n) is 8.83. The van der Waals surface area contributed by atoms with Gasteiger partial charge in [0.1, 0.15) is 5.75 Å². The number of anilines is 1. The molecule has 2 heterocycles. The van der Waals surface area contributed by atoms with Crippen molar-refractivity contribution in [1.29, 1.82) is 0 Å². The Balaban J connectivity index is 1.53. The zero-order valence-corrected chi connectivity index (χ0v) is 20.5. The monoisotopic (exact) mass is 471 g/mol. The van der Waals surface area contributed by atoms with Crippen molar-refractivity contribution in [2.45, 2.75) is 38.0 Å². The Morgan fingerprint density at radius 1 is 0.909 bits per heavy atom. The lowest BCUT2D eigenvalue weighted by molar-refractivity contribution is 0.0743. The molecule has 8 heteroatoms. The van der Waals surface area contributed by atoms with Gasteiger partial charge in [-0.3, -0.25) is 4.79 Å². The number of rotatable bonds is 5. The Labute approximate surface area is 197 Å². The molecular formula is C25H33N3O4S. The number of methoxy groups -OCH3 is 1. The zero-order valence-electron chi connectivity index (χ0n) is 19.7. The Morgan fingerprint density at radius 3 is 2.27 bits per heavy atom. The van der Waals surface area contributed by atoms with Crippen LogP contribution in [0.25, 0.3) is 0 Å². The quantitative estimate of drug-likeness (QED) is 0.668. The average molecular weight is 472 g/mol. The first-order valence-electron chi connectivity index (χ1n) is 11.6. The molecule has 33 heavy (non-hydrogen) atoms. The number of nitrogens with zero attached hydrogens (tertiary/aromatic N) is 3. The highest BCUT2D eigenvalue weighted by atomic mass is 32.2. The molecule has 2 aliphatic rings. The standard InChI is InChI=1S/C25H33N3O4S/c1-19-8-7-9-23(20(19)2)26-14-16-27(17-15-26)25(29)22-18-21(10-11-24(22)32-3)33(30,31)28-12-5-4-6-13-28/h7-11,18H,4-6,12-17H2,1-3H3. The number of sulfonamides is 1. The van der Waals surface area contributed by atoms with Crippen LogP contribution in [0, 0.1) is 13.8 Å². The fraction of sp³-hybridized carbons (Fsp3) is 0.480. The molecule has 4 rings (SSSR count). The maximum Gasteiger partial charge on any atom is 0.257 e. The van der Waals surface area contributed by atoms with Crippen molar-refractivity contribution in [3.05, 3.63) is 53.1 Å². The van der Waals surface area contributed by atoms with E-state index in [2.05, 4.69) is 36.9 Å². The fourth-order valence-electron chi connectivity index (χ4n) is 4.67. The number of piperidine rings is 1. The Hall–Kier alpha value is -2.58. The van der Waals surface area contributed by atoms with Crippen LogP contribution in [-0.4, -0.2) is 69.9 Å². The van der Waals surface area contributed by atoms with Gasteiger partial charge in [0.25, 0.3) is 5.91 Å². The molecule has 2 saturated heterocycles. The normalized spacial score (nSPS) is 17.8. The summed E-state index contributed by atoms with van der Waals surface area (Å²) in [7, 11) is -2.13. The van der Waals surface area contributed by atoms with E-state index in [-0.39, 0.29) is 10.8 Å². The Bertz CT molecular complexity index is 1120. The lowest BCUT2D eigenvalue weighted by atomic mass is 10.1. The molecule has 2 aliphatic heterocycles. The smallest absolute Gasteiger partial charge is 0.257 e. The van der Waals surface area contributed by atoms with E-state index in [0.29, 0.717) is 37.5 Å². The molecule has 2 aromatic carbocycles. The van der Waals surface area contributed by atoms with E-state index in [1.807, 2.05) is 0 Å². The SMILES string of the molecule is COc1ccc(S(=O)(=O)N2CCCCC2)cc1C(=O)N1CCN(c2cccc(C)c2C)CC1. The predicted molar refractivity (Wildman–Crippen MR) is 130 cm³/mol. The third kappa shape index (κ3) is 4.73. The van der Waals surface area contributed by atoms with Crippen LogP contribution in [0.2, 0.25) is 0 Å². The second kappa shape index (κ2) is 9.73. The van der Waals surface area contributed by atoms with Gasteiger partial charge in [0.2, 0.25) is 10.0 Å². The van der Waals surface area contributed by atoms with E-state index in [0.717, 1.165) is 32.4 Å². The Morgan fingerprint density at radius 2 is 1.61 bits per heavy atom. The Kier molecular flexibility index (Phi) is 6.95. The molecule has 0 aliphatic carbocycles. The number of aryl methyl sites for hydroxylation is 1. The summed E-state index contributed by atoms with van der Waals surface area (Å²) < 4.78 is 33.2. The third-order valence-electron chi connectivity index (χ3n) is 6.84. The molecule has 0 unspecified atom stereocenters. The summed E-state index contributed by atoms with van der Waals surface area (Å²) in [4.78, 5) is 17.7. The van der Waals surface area contributed by atoms with Crippen molar-refractivity contribution < 1.29 is 17.9 Å². The molecule has 0 N–H and O–H groups in total. The van der Waals surface area contributed by atoms with Crippen molar-refractivity contribution in [3.63, 3.8) is 0 Å². The van der Waals surface area contributed by atoms with Gasteiger partial charge in [-0.15, -0.1) is 0 Å². The zero-order chi connectivity index (χ0) is 23.6. The summed E-state index contributed by atoms with van der Waals surface area (Å²) in [6, 6.07) is 10.9. The van der Waals surface area contributed by atoms with Crippen LogP contribution < -0.4 is 9.64 Å². The number of hydrogen-bond donors (Lipinski definition) is 0. The number of amides is 1. The number of carbonyl (C=O) groups is 1. The first-order valence-corrected chi connectivity index (χ1v) is 13.1. The van der Waals surface area contributed by atoms with Gasteiger partial charge >= 0.3 is 0 Å². The summed E-state index contributed by atoms with van der Waals surface area (Å²) in [6.45, 7) is 7.87. The fourth-order valence-corrected chi connectivity index (χ4v) is 6.21. The second-order valence-corrected chi connectivity index (χ2v) is 10.8. The third-order valence-corrected chi connectivity index (χ3v) is 8.73. The highest BCUT2D eigenvalue weighted by Gasteiger charge is 2.30. The van der Waals surface area contributed by atoms with Gasteiger partial charge in [-0.05, 0) is 62.1 Å². The average Bonchev–Trinajstić information content (AvgIpc) is 2.85. The van der Waals surface area contributed by atoms with Crippen LogP contribution >= 0.6 is 0 Å². The number of benzene rings is 2. The first kappa shape index (κ1) is 23.6. The van der Waals surface area contributed by atoms with Crippen LogP contribution in [0.5, 0.6) is 5.75 Å². The highest BCUT2D eigenvalue weighted by molar-refractivity contribution is 7.89. The number of piperazine rings is 1. The molecule has 1 amide bonds. The largest absolute Gasteiger partial charge is 0.496 e. The summed E-state index contributed by atoms with van der Waals surface area (Å²) in [5.74, 6) is 0.206. The van der Waals surface area contributed by atoms with Crippen LogP contribution in [-0.2, 0) is 10.0 Å². The van der Waals surface area contributed by atoms with Gasteiger partial charge in [0.05, 0.1) is 17.6 Å². The van der Waals surface area contributed by atoms with E-state index in [9.17, 15) is 13.2 Å². The van der Waals surface area contributed by atoms with Crippen molar-refractivity contribution in [2.24, 2.45) is 0 Å². The van der Waals surface area contributed by atoms with E-state index < -0.39 is 10.0 Å². The van der Waals surface area contributed by atoms with E-state index in [1.165, 1.54) is 40.4 Å². The van der Waals surface area contributed by atoms with Crippen LogP contribution in [0.3, 0.4) is 0 Å². The van der Waals surface area contributed by atoms with Crippen molar-refractivity contribution >= 4 is 21.6 Å². The van der Waals surface area contributed by atoms with E-state index >= 15 is 0 Å². The number of carbonyl (C=O) groups excluding carboxylic acids is 1. The molecule has 0 atom stereocenters. The molecule has 2 fully saturated rings. The highest BCUT2D eigenvalue weighted by Crippen LogP contribution is 2.29. The summed E-state index contributed by atoms with van der Waals surface area (Å²) in [5, 5.41) is 0. The van der Waals surface area contributed by atoms with Gasteiger partial charge in [-0.1, -0.05) is 18.6 Å². The summed E-state index contributed by atoms with van der Waals surface area (Å²) in [6.07, 6.45) is 2.78.